The van der Waals surface area contributed by atoms with Gasteiger partial charge < -0.3 is 5.21 Å². The molecule has 0 unspecified atom stereocenters. The molecule has 0 N–H and O–H groups in total. The normalized spacial score (nSPS) is 10.5. The Morgan fingerprint density at radius 2 is 2.06 bits per heavy atom. The highest BCUT2D eigenvalue weighted by Crippen LogP contribution is 2.24. The van der Waals surface area contributed by atoms with Crippen LogP contribution in [-0.2, 0) is 5.75 Å². The van der Waals surface area contributed by atoms with Gasteiger partial charge in [0, 0.05) is 17.9 Å². The van der Waals surface area contributed by atoms with Gasteiger partial charge in [0.05, 0.1) is 5.02 Å². The van der Waals surface area contributed by atoms with Crippen LogP contribution in [0.3, 0.4) is 0 Å². The van der Waals surface area contributed by atoms with Crippen LogP contribution in [0.1, 0.15) is 5.56 Å². The van der Waals surface area contributed by atoms with Crippen molar-refractivity contribution in [3.05, 3.63) is 64.2 Å². The SMILES string of the molecule is [O-][n+]1ccccc1SCc1cccc(Cl)c1F. The molecule has 17 heavy (non-hydrogen) atoms. The van der Waals surface area contributed by atoms with Gasteiger partial charge in [-0.1, -0.05) is 35.5 Å². The summed E-state index contributed by atoms with van der Waals surface area (Å²) < 4.78 is 14.3. The number of nitrogens with zero attached hydrogens (tertiary/aromatic N) is 1. The van der Waals surface area contributed by atoms with Gasteiger partial charge in [-0.25, -0.2) is 4.39 Å². The van der Waals surface area contributed by atoms with E-state index in [4.69, 9.17) is 11.6 Å². The van der Waals surface area contributed by atoms with Gasteiger partial charge in [0.15, 0.2) is 6.20 Å². The zero-order chi connectivity index (χ0) is 12.3. The first-order valence-electron chi connectivity index (χ1n) is 4.92. The fourth-order valence-corrected chi connectivity index (χ4v) is 2.42. The molecule has 1 aromatic heterocycles. The predicted molar refractivity (Wildman–Crippen MR) is 66.4 cm³/mol. The van der Waals surface area contributed by atoms with Crippen LogP contribution in [-0.4, -0.2) is 0 Å². The van der Waals surface area contributed by atoms with E-state index in [1.807, 2.05) is 0 Å². The Balaban J connectivity index is 2.13. The van der Waals surface area contributed by atoms with Gasteiger partial charge in [-0.15, -0.1) is 0 Å². The Labute approximate surface area is 108 Å². The minimum absolute atomic E-state index is 0.103. The Kier molecular flexibility index (Phi) is 3.86. The molecule has 0 radical (unpaired) electrons. The van der Waals surface area contributed by atoms with Crippen LogP contribution < -0.4 is 4.73 Å². The minimum Gasteiger partial charge on any atom is -0.618 e. The number of hydrogen-bond acceptors (Lipinski definition) is 2. The van der Waals surface area contributed by atoms with E-state index < -0.39 is 5.82 Å². The molecule has 5 heteroatoms. The molecule has 0 atom stereocenters. The zero-order valence-electron chi connectivity index (χ0n) is 8.77. The van der Waals surface area contributed by atoms with Crippen LogP contribution in [0.2, 0.25) is 5.02 Å². The topological polar surface area (TPSA) is 26.9 Å². The maximum Gasteiger partial charge on any atom is 0.251 e. The largest absolute Gasteiger partial charge is 0.618 e. The van der Waals surface area contributed by atoms with Crippen molar-refractivity contribution >= 4 is 23.4 Å². The van der Waals surface area contributed by atoms with E-state index in [2.05, 4.69) is 0 Å². The van der Waals surface area contributed by atoms with Gasteiger partial charge in [0.2, 0.25) is 0 Å². The Bertz CT molecular complexity index is 536. The maximum atomic E-state index is 13.6. The molecule has 2 aromatic rings. The fraction of sp³-hybridized carbons (Fsp3) is 0.0833. The molecular weight excluding hydrogens is 261 g/mol. The van der Waals surface area contributed by atoms with Crippen LogP contribution in [0.5, 0.6) is 0 Å². The van der Waals surface area contributed by atoms with Crippen LogP contribution >= 0.6 is 23.4 Å². The quantitative estimate of drug-likeness (QED) is 0.485. The lowest BCUT2D eigenvalue weighted by Gasteiger charge is -2.05. The average molecular weight is 270 g/mol. The van der Waals surface area contributed by atoms with E-state index in [9.17, 15) is 9.60 Å². The van der Waals surface area contributed by atoms with Gasteiger partial charge in [-0.05, 0) is 17.7 Å². The highest BCUT2D eigenvalue weighted by molar-refractivity contribution is 7.98. The minimum atomic E-state index is -0.421. The lowest BCUT2D eigenvalue weighted by molar-refractivity contribution is -0.645. The van der Waals surface area contributed by atoms with E-state index in [1.165, 1.54) is 24.0 Å². The van der Waals surface area contributed by atoms with E-state index in [0.29, 0.717) is 16.3 Å². The summed E-state index contributed by atoms with van der Waals surface area (Å²) in [5.74, 6) is -0.0476. The summed E-state index contributed by atoms with van der Waals surface area (Å²) in [7, 11) is 0. The summed E-state index contributed by atoms with van der Waals surface area (Å²) in [4.78, 5) is 0. The van der Waals surface area contributed by atoms with Crippen LogP contribution in [0.4, 0.5) is 4.39 Å². The van der Waals surface area contributed by atoms with E-state index in [1.54, 1.807) is 30.3 Å². The van der Waals surface area contributed by atoms with Crippen LogP contribution in [0, 0.1) is 11.0 Å². The third kappa shape index (κ3) is 2.90. The molecular formula is C12H9ClFNOS. The highest BCUT2D eigenvalue weighted by atomic mass is 35.5. The van der Waals surface area contributed by atoms with Crippen molar-refractivity contribution in [1.29, 1.82) is 0 Å². The molecule has 88 valence electrons. The second-order valence-electron chi connectivity index (χ2n) is 3.37. The van der Waals surface area contributed by atoms with Crippen LogP contribution in [0.25, 0.3) is 0 Å². The number of thioether (sulfide) groups is 1. The van der Waals surface area contributed by atoms with E-state index >= 15 is 0 Å². The molecule has 0 fully saturated rings. The van der Waals surface area contributed by atoms with Gasteiger partial charge in [-0.3, -0.25) is 0 Å². The van der Waals surface area contributed by atoms with E-state index in [0.717, 1.165) is 4.73 Å². The van der Waals surface area contributed by atoms with Crippen molar-refractivity contribution in [2.45, 2.75) is 10.8 Å². The summed E-state index contributed by atoms with van der Waals surface area (Å²) in [6.07, 6.45) is 1.41. The summed E-state index contributed by atoms with van der Waals surface area (Å²) >= 11 is 6.95. The molecule has 0 amide bonds. The fourth-order valence-electron chi connectivity index (χ4n) is 1.34. The lowest BCUT2D eigenvalue weighted by atomic mass is 10.2. The molecule has 0 saturated carbocycles. The van der Waals surface area contributed by atoms with Crippen molar-refractivity contribution in [2.75, 3.05) is 0 Å². The van der Waals surface area contributed by atoms with Crippen molar-refractivity contribution in [2.24, 2.45) is 0 Å². The number of rotatable bonds is 3. The Hall–Kier alpha value is -1.26. The lowest BCUT2D eigenvalue weighted by Crippen LogP contribution is -2.27. The molecule has 0 aliphatic heterocycles. The molecule has 2 rings (SSSR count). The molecule has 0 aliphatic carbocycles. The first-order chi connectivity index (χ1) is 8.18. The summed E-state index contributed by atoms with van der Waals surface area (Å²) in [5.41, 5.74) is 0.492. The molecule has 1 aromatic carbocycles. The smallest absolute Gasteiger partial charge is 0.251 e. The molecule has 0 spiro atoms. The number of benzene rings is 1. The monoisotopic (exact) mass is 269 g/mol. The molecule has 0 bridgehead atoms. The van der Waals surface area contributed by atoms with E-state index in [-0.39, 0.29) is 5.02 Å². The van der Waals surface area contributed by atoms with Crippen LogP contribution in [0.15, 0.2) is 47.6 Å². The summed E-state index contributed by atoms with van der Waals surface area (Å²) in [6.45, 7) is 0. The predicted octanol–water partition coefficient (Wildman–Crippen LogP) is 3.40. The third-order valence-corrected chi connectivity index (χ3v) is 3.55. The average Bonchev–Trinajstić information content (AvgIpc) is 2.33. The second-order valence-corrected chi connectivity index (χ2v) is 4.77. The summed E-state index contributed by atoms with van der Waals surface area (Å²) in [6, 6.07) is 9.97. The van der Waals surface area contributed by atoms with Gasteiger partial charge in [0.25, 0.3) is 5.03 Å². The standard InChI is InChI=1S/C12H9ClFNOS/c13-10-5-3-4-9(12(10)14)8-17-11-6-1-2-7-15(11)16/h1-7H,8H2. The number of aromatic nitrogens is 1. The van der Waals surface area contributed by atoms with Crippen molar-refractivity contribution in [1.82, 2.24) is 0 Å². The number of halogens is 2. The van der Waals surface area contributed by atoms with Gasteiger partial charge in [-0.2, -0.15) is 4.73 Å². The zero-order valence-corrected chi connectivity index (χ0v) is 10.3. The van der Waals surface area contributed by atoms with Crippen molar-refractivity contribution in [3.8, 4) is 0 Å². The first kappa shape index (κ1) is 12.2. The molecule has 1 heterocycles. The molecule has 0 saturated heterocycles. The maximum absolute atomic E-state index is 13.6. The molecule has 0 aliphatic rings. The first-order valence-corrected chi connectivity index (χ1v) is 6.28. The molecule has 2 nitrogen and oxygen atoms in total. The van der Waals surface area contributed by atoms with Gasteiger partial charge >= 0.3 is 0 Å². The summed E-state index contributed by atoms with van der Waals surface area (Å²) in [5, 5.41) is 12.0. The Morgan fingerprint density at radius 3 is 2.82 bits per heavy atom. The Morgan fingerprint density at radius 1 is 1.24 bits per heavy atom. The van der Waals surface area contributed by atoms with Crippen molar-refractivity contribution < 1.29 is 9.12 Å². The van der Waals surface area contributed by atoms with Gasteiger partial charge in [0.1, 0.15) is 5.82 Å². The number of hydrogen-bond donors (Lipinski definition) is 0. The second kappa shape index (κ2) is 5.38. The third-order valence-electron chi connectivity index (χ3n) is 2.20. The highest BCUT2D eigenvalue weighted by Gasteiger charge is 2.09. The van der Waals surface area contributed by atoms with Crippen molar-refractivity contribution in [3.63, 3.8) is 0 Å². The number of pyridine rings is 1.